The van der Waals surface area contributed by atoms with E-state index in [0.29, 0.717) is 43.4 Å². The molecule has 0 aromatic heterocycles. The van der Waals surface area contributed by atoms with Crippen LogP contribution in [-0.2, 0) is 15.6 Å². The van der Waals surface area contributed by atoms with Crippen molar-refractivity contribution in [3.8, 4) is 0 Å². The SMILES string of the molecule is CC1CCC(NC(=O)N2CCS(=O)CC2)(C(=O)O)CC1. The lowest BCUT2D eigenvalue weighted by Crippen LogP contribution is -2.60. The maximum absolute atomic E-state index is 12.2. The van der Waals surface area contributed by atoms with Crippen LogP contribution in [0.15, 0.2) is 0 Å². The molecule has 0 bridgehead atoms. The van der Waals surface area contributed by atoms with E-state index < -0.39 is 22.3 Å². The van der Waals surface area contributed by atoms with Gasteiger partial charge in [-0.05, 0) is 31.6 Å². The van der Waals surface area contributed by atoms with Crippen molar-refractivity contribution in [2.24, 2.45) is 5.92 Å². The Kier molecular flexibility index (Phi) is 4.67. The molecule has 1 aliphatic carbocycles. The van der Waals surface area contributed by atoms with Crippen molar-refractivity contribution >= 4 is 22.8 Å². The van der Waals surface area contributed by atoms with E-state index in [1.807, 2.05) is 0 Å². The molecule has 1 saturated carbocycles. The molecule has 1 aliphatic heterocycles. The van der Waals surface area contributed by atoms with Gasteiger partial charge in [-0.15, -0.1) is 0 Å². The minimum atomic E-state index is -1.12. The van der Waals surface area contributed by atoms with Crippen LogP contribution in [0.25, 0.3) is 0 Å². The lowest BCUT2D eigenvalue weighted by molar-refractivity contribution is -0.146. The zero-order valence-corrected chi connectivity index (χ0v) is 12.6. The number of amides is 2. The number of urea groups is 1. The van der Waals surface area contributed by atoms with Crippen molar-refractivity contribution in [2.75, 3.05) is 24.6 Å². The fourth-order valence-electron chi connectivity index (χ4n) is 2.77. The van der Waals surface area contributed by atoms with Gasteiger partial charge in [-0.25, -0.2) is 9.59 Å². The Morgan fingerprint density at radius 3 is 2.30 bits per heavy atom. The first kappa shape index (κ1) is 15.3. The Hall–Kier alpha value is -1.11. The quantitative estimate of drug-likeness (QED) is 0.789. The average molecular weight is 302 g/mol. The highest BCUT2D eigenvalue weighted by Crippen LogP contribution is 2.32. The van der Waals surface area contributed by atoms with Crippen molar-refractivity contribution in [3.63, 3.8) is 0 Å². The second kappa shape index (κ2) is 6.11. The largest absolute Gasteiger partial charge is 0.480 e. The molecule has 114 valence electrons. The van der Waals surface area contributed by atoms with Crippen molar-refractivity contribution in [3.05, 3.63) is 0 Å². The molecule has 0 aromatic rings. The van der Waals surface area contributed by atoms with E-state index in [2.05, 4.69) is 12.2 Å². The molecular formula is C13H22N2O4S. The minimum absolute atomic E-state index is 0.335. The second-order valence-electron chi connectivity index (χ2n) is 5.84. The van der Waals surface area contributed by atoms with Crippen LogP contribution < -0.4 is 5.32 Å². The summed E-state index contributed by atoms with van der Waals surface area (Å²) in [6, 6.07) is -0.335. The van der Waals surface area contributed by atoms with Gasteiger partial charge < -0.3 is 15.3 Å². The van der Waals surface area contributed by atoms with Gasteiger partial charge in [0.2, 0.25) is 0 Å². The van der Waals surface area contributed by atoms with Gasteiger partial charge in [0.1, 0.15) is 5.54 Å². The van der Waals surface area contributed by atoms with Crippen LogP contribution in [0.2, 0.25) is 0 Å². The van der Waals surface area contributed by atoms with E-state index in [0.717, 1.165) is 12.8 Å². The van der Waals surface area contributed by atoms with Crippen LogP contribution in [0.3, 0.4) is 0 Å². The number of carbonyl (C=O) groups is 2. The monoisotopic (exact) mass is 302 g/mol. The van der Waals surface area contributed by atoms with Gasteiger partial charge in [0.15, 0.2) is 0 Å². The van der Waals surface area contributed by atoms with E-state index >= 15 is 0 Å². The molecule has 0 radical (unpaired) electrons. The number of hydrogen-bond acceptors (Lipinski definition) is 3. The maximum Gasteiger partial charge on any atom is 0.329 e. The number of nitrogens with zero attached hydrogens (tertiary/aromatic N) is 1. The minimum Gasteiger partial charge on any atom is -0.480 e. The third-order valence-electron chi connectivity index (χ3n) is 4.35. The highest BCUT2D eigenvalue weighted by Gasteiger charge is 2.43. The zero-order valence-electron chi connectivity index (χ0n) is 11.8. The number of nitrogens with one attached hydrogen (secondary N) is 1. The molecule has 2 N–H and O–H groups in total. The summed E-state index contributed by atoms with van der Waals surface area (Å²) in [5.74, 6) is 0.518. The lowest BCUT2D eigenvalue weighted by atomic mass is 9.77. The highest BCUT2D eigenvalue weighted by atomic mass is 32.2. The van der Waals surface area contributed by atoms with Crippen LogP contribution in [-0.4, -0.2) is 56.3 Å². The van der Waals surface area contributed by atoms with Crippen LogP contribution in [0.4, 0.5) is 4.79 Å². The Bertz CT molecular complexity index is 409. The summed E-state index contributed by atoms with van der Waals surface area (Å²) in [5.41, 5.74) is -1.12. The van der Waals surface area contributed by atoms with E-state index in [9.17, 15) is 18.9 Å². The summed E-state index contributed by atoms with van der Waals surface area (Å²) in [6.07, 6.45) is 2.59. The van der Waals surface area contributed by atoms with Gasteiger partial charge in [0.05, 0.1) is 0 Å². The van der Waals surface area contributed by atoms with Crippen LogP contribution in [0.5, 0.6) is 0 Å². The third-order valence-corrected chi connectivity index (χ3v) is 5.62. The van der Waals surface area contributed by atoms with Gasteiger partial charge in [0, 0.05) is 35.4 Å². The Balaban J connectivity index is 1.99. The number of carboxylic acids is 1. The van der Waals surface area contributed by atoms with Crippen molar-refractivity contribution in [1.82, 2.24) is 10.2 Å². The Morgan fingerprint density at radius 1 is 1.25 bits per heavy atom. The Morgan fingerprint density at radius 2 is 1.80 bits per heavy atom. The molecule has 1 heterocycles. The third kappa shape index (κ3) is 3.31. The average Bonchev–Trinajstić information content (AvgIpc) is 2.42. The van der Waals surface area contributed by atoms with E-state index in [1.54, 1.807) is 4.90 Å². The van der Waals surface area contributed by atoms with Crippen LogP contribution >= 0.6 is 0 Å². The summed E-state index contributed by atoms with van der Waals surface area (Å²) >= 11 is 0. The maximum atomic E-state index is 12.2. The fourth-order valence-corrected chi connectivity index (χ4v) is 3.82. The summed E-state index contributed by atoms with van der Waals surface area (Å²) in [4.78, 5) is 25.4. The van der Waals surface area contributed by atoms with Gasteiger partial charge >= 0.3 is 12.0 Å². The van der Waals surface area contributed by atoms with E-state index in [4.69, 9.17) is 0 Å². The number of hydrogen-bond donors (Lipinski definition) is 2. The fraction of sp³-hybridized carbons (Fsp3) is 0.846. The predicted molar refractivity (Wildman–Crippen MR) is 76.0 cm³/mol. The molecule has 0 spiro atoms. The molecule has 0 aromatic carbocycles. The molecule has 2 amide bonds. The number of aliphatic carboxylic acids is 1. The van der Waals surface area contributed by atoms with Gasteiger partial charge in [-0.3, -0.25) is 4.21 Å². The highest BCUT2D eigenvalue weighted by molar-refractivity contribution is 7.85. The van der Waals surface area contributed by atoms with Crippen LogP contribution in [0.1, 0.15) is 32.6 Å². The summed E-state index contributed by atoms with van der Waals surface area (Å²) in [6.45, 7) is 2.97. The van der Waals surface area contributed by atoms with Gasteiger partial charge in [-0.1, -0.05) is 6.92 Å². The zero-order chi connectivity index (χ0) is 14.8. The van der Waals surface area contributed by atoms with Crippen molar-refractivity contribution in [1.29, 1.82) is 0 Å². The summed E-state index contributed by atoms with van der Waals surface area (Å²) in [5, 5.41) is 12.2. The number of rotatable bonds is 2. The standard InChI is InChI=1S/C13H22N2O4S/c1-10-2-4-13(5-3-10,11(16)17)14-12(18)15-6-8-20(19)9-7-15/h10H,2-9H2,1H3,(H,14,18)(H,16,17). The molecule has 2 aliphatic rings. The molecular weight excluding hydrogens is 280 g/mol. The first-order valence-electron chi connectivity index (χ1n) is 7.08. The van der Waals surface area contributed by atoms with Gasteiger partial charge in [-0.2, -0.15) is 0 Å². The molecule has 2 rings (SSSR count). The van der Waals surface area contributed by atoms with Crippen molar-refractivity contribution < 1.29 is 18.9 Å². The molecule has 0 unspecified atom stereocenters. The Labute approximate surface area is 121 Å². The first-order chi connectivity index (χ1) is 9.43. The molecule has 1 saturated heterocycles. The van der Waals surface area contributed by atoms with E-state index in [1.165, 1.54) is 0 Å². The van der Waals surface area contributed by atoms with E-state index in [-0.39, 0.29) is 6.03 Å². The topological polar surface area (TPSA) is 86.7 Å². The normalized spacial score (nSPS) is 31.9. The van der Waals surface area contributed by atoms with Crippen LogP contribution in [0, 0.1) is 5.92 Å². The second-order valence-corrected chi connectivity index (χ2v) is 7.53. The molecule has 7 heteroatoms. The number of carbonyl (C=O) groups excluding carboxylic acids is 1. The smallest absolute Gasteiger partial charge is 0.329 e. The van der Waals surface area contributed by atoms with Gasteiger partial charge in [0.25, 0.3) is 0 Å². The molecule has 20 heavy (non-hydrogen) atoms. The molecule has 2 fully saturated rings. The van der Waals surface area contributed by atoms with Crippen molar-refractivity contribution in [2.45, 2.75) is 38.1 Å². The predicted octanol–water partition coefficient (Wildman–Crippen LogP) is 0.794. The summed E-state index contributed by atoms with van der Waals surface area (Å²) in [7, 11) is -0.846. The number of carboxylic acid groups (broad SMARTS) is 1. The molecule has 6 nitrogen and oxygen atoms in total. The summed E-state index contributed by atoms with van der Waals surface area (Å²) < 4.78 is 11.3. The molecule has 0 atom stereocenters. The first-order valence-corrected chi connectivity index (χ1v) is 8.57. The lowest BCUT2D eigenvalue weighted by Gasteiger charge is -2.38.